The average molecular weight is 586 g/mol. The molecule has 43 heavy (non-hydrogen) atoms. The quantitative estimate of drug-likeness (QED) is 0.149. The van der Waals surface area contributed by atoms with E-state index < -0.39 is 6.09 Å². The minimum atomic E-state index is -0.391. The lowest BCUT2D eigenvalue weighted by atomic mass is 10.0. The Morgan fingerprint density at radius 3 is 2.47 bits per heavy atom. The lowest BCUT2D eigenvalue weighted by Crippen LogP contribution is -2.49. The molecule has 3 aromatic carbocycles. The average Bonchev–Trinajstić information content (AvgIpc) is 3.40. The summed E-state index contributed by atoms with van der Waals surface area (Å²) in [5.74, 6) is -0.495. The van der Waals surface area contributed by atoms with Crippen LogP contribution in [0.3, 0.4) is 0 Å². The molecule has 1 unspecified atom stereocenters. The van der Waals surface area contributed by atoms with Gasteiger partial charge in [-0.05, 0) is 47.5 Å². The van der Waals surface area contributed by atoms with Crippen molar-refractivity contribution in [3.8, 4) is 0 Å². The number of amides is 2. The zero-order chi connectivity index (χ0) is 30.2. The van der Waals surface area contributed by atoms with Gasteiger partial charge >= 0.3 is 12.1 Å². The predicted octanol–water partition coefficient (Wildman–Crippen LogP) is 4.27. The second-order valence-corrected chi connectivity index (χ2v) is 11.0. The van der Waals surface area contributed by atoms with E-state index in [4.69, 9.17) is 14.9 Å². The molecule has 1 atom stereocenters. The van der Waals surface area contributed by atoms with Gasteiger partial charge in [-0.15, -0.1) is 0 Å². The number of piperazine rings is 1. The van der Waals surface area contributed by atoms with E-state index >= 15 is 0 Å². The Bertz CT molecular complexity index is 1450. The zero-order valence-corrected chi connectivity index (χ0v) is 24.6. The van der Waals surface area contributed by atoms with Gasteiger partial charge in [-0.2, -0.15) is 0 Å². The molecule has 0 aromatic heterocycles. The first-order chi connectivity index (χ1) is 20.9. The number of hydrogen-bond acceptors (Lipinski definition) is 8. The van der Waals surface area contributed by atoms with Crippen LogP contribution in [0.25, 0.3) is 10.8 Å². The van der Waals surface area contributed by atoms with E-state index in [0.29, 0.717) is 49.5 Å². The minimum absolute atomic E-state index is 0.0149. The Hall–Kier alpha value is -4.28. The highest BCUT2D eigenvalue weighted by atomic mass is 16.6. The maximum absolute atomic E-state index is 12.9. The van der Waals surface area contributed by atoms with Gasteiger partial charge in [0, 0.05) is 56.1 Å². The summed E-state index contributed by atoms with van der Waals surface area (Å²) in [6.07, 6.45) is 1.68. The van der Waals surface area contributed by atoms with Crippen molar-refractivity contribution >= 4 is 40.3 Å². The molecule has 2 amide bonds. The highest BCUT2D eigenvalue weighted by Crippen LogP contribution is 2.23. The number of cyclic esters (lactones) is 1. The van der Waals surface area contributed by atoms with Gasteiger partial charge in [0.05, 0.1) is 19.6 Å². The monoisotopic (exact) mass is 585 g/mol. The smallest absolute Gasteiger partial charge is 0.414 e. The molecule has 0 radical (unpaired) electrons. The third-order valence-electron chi connectivity index (χ3n) is 7.93. The van der Waals surface area contributed by atoms with E-state index in [-0.39, 0.29) is 23.8 Å². The second kappa shape index (κ2) is 14.3. The first-order valence-corrected chi connectivity index (χ1v) is 15.0. The number of esters is 1. The standard InChI is InChI=1S/C33H39N5O5/c1-2-3-21-42-30(39)15-16-36-17-19-37(20-18-36)22-27-23-38(33(41)43-27)26-13-11-25(12-14-26)31(34)35-32(40)29-10-6-8-24-7-4-5-9-28(24)29/h4-14,27H,2-3,15-23H2,1H3,(H2,34,35,40). The summed E-state index contributed by atoms with van der Waals surface area (Å²) in [7, 11) is 0. The fourth-order valence-corrected chi connectivity index (χ4v) is 5.45. The van der Waals surface area contributed by atoms with Gasteiger partial charge in [-0.1, -0.05) is 49.7 Å². The lowest BCUT2D eigenvalue weighted by molar-refractivity contribution is -0.144. The van der Waals surface area contributed by atoms with E-state index in [9.17, 15) is 14.4 Å². The molecule has 0 bridgehead atoms. The molecule has 2 aliphatic heterocycles. The van der Waals surface area contributed by atoms with Gasteiger partial charge < -0.3 is 19.7 Å². The van der Waals surface area contributed by atoms with Crippen LogP contribution in [-0.2, 0) is 14.3 Å². The Morgan fingerprint density at radius 2 is 1.70 bits per heavy atom. The van der Waals surface area contributed by atoms with Crippen molar-refractivity contribution < 1.29 is 23.9 Å². The number of carbonyl (C=O) groups is 3. The van der Waals surface area contributed by atoms with Crippen LogP contribution in [0, 0.1) is 5.41 Å². The van der Waals surface area contributed by atoms with Crippen molar-refractivity contribution in [3.05, 3.63) is 77.9 Å². The molecular formula is C33H39N5O5. The Labute approximate surface area is 252 Å². The molecular weight excluding hydrogens is 546 g/mol. The fraction of sp³-hybridized carbons (Fsp3) is 0.394. The summed E-state index contributed by atoms with van der Waals surface area (Å²) in [5, 5.41) is 12.9. The number of nitrogens with one attached hydrogen (secondary N) is 2. The van der Waals surface area contributed by atoms with Gasteiger partial charge in [0.25, 0.3) is 5.91 Å². The van der Waals surface area contributed by atoms with Crippen LogP contribution in [0.2, 0.25) is 0 Å². The highest BCUT2D eigenvalue weighted by Gasteiger charge is 2.34. The molecule has 10 heteroatoms. The normalized spacial score (nSPS) is 17.6. The molecule has 0 saturated carbocycles. The van der Waals surface area contributed by atoms with Gasteiger partial charge in [-0.3, -0.25) is 24.8 Å². The van der Waals surface area contributed by atoms with Crippen LogP contribution >= 0.6 is 0 Å². The van der Waals surface area contributed by atoms with Crippen molar-refractivity contribution in [2.24, 2.45) is 0 Å². The Balaban J connectivity index is 1.08. The molecule has 10 nitrogen and oxygen atoms in total. The molecule has 3 aromatic rings. The number of anilines is 1. The van der Waals surface area contributed by atoms with Crippen LogP contribution in [-0.4, -0.2) is 92.1 Å². The molecule has 2 N–H and O–H groups in total. The van der Waals surface area contributed by atoms with Gasteiger partial charge in [0.1, 0.15) is 11.9 Å². The minimum Gasteiger partial charge on any atom is -0.466 e. The first kappa shape index (κ1) is 30.2. The summed E-state index contributed by atoms with van der Waals surface area (Å²) >= 11 is 0. The van der Waals surface area contributed by atoms with Gasteiger partial charge in [0.15, 0.2) is 0 Å². The van der Waals surface area contributed by atoms with Crippen LogP contribution in [0.1, 0.15) is 42.1 Å². The van der Waals surface area contributed by atoms with E-state index in [2.05, 4.69) is 22.0 Å². The van der Waals surface area contributed by atoms with Crippen molar-refractivity contribution in [2.75, 3.05) is 57.3 Å². The van der Waals surface area contributed by atoms with Crippen molar-refractivity contribution in [1.29, 1.82) is 5.41 Å². The van der Waals surface area contributed by atoms with Crippen molar-refractivity contribution in [1.82, 2.24) is 15.1 Å². The van der Waals surface area contributed by atoms with Gasteiger partial charge in [0.2, 0.25) is 0 Å². The first-order valence-electron chi connectivity index (χ1n) is 15.0. The molecule has 5 rings (SSSR count). The molecule has 2 fully saturated rings. The molecule has 0 aliphatic carbocycles. The number of amidine groups is 1. The second-order valence-electron chi connectivity index (χ2n) is 11.0. The number of hydrogen-bond donors (Lipinski definition) is 2. The number of unbranched alkanes of at least 4 members (excludes halogenated alkanes) is 1. The van der Waals surface area contributed by atoms with E-state index in [1.54, 1.807) is 35.2 Å². The maximum atomic E-state index is 12.9. The van der Waals surface area contributed by atoms with E-state index in [1.807, 2.05) is 36.4 Å². The van der Waals surface area contributed by atoms with Gasteiger partial charge in [-0.25, -0.2) is 4.79 Å². The van der Waals surface area contributed by atoms with E-state index in [0.717, 1.165) is 49.8 Å². The van der Waals surface area contributed by atoms with Crippen molar-refractivity contribution in [2.45, 2.75) is 32.3 Å². The predicted molar refractivity (Wildman–Crippen MR) is 166 cm³/mol. The third-order valence-corrected chi connectivity index (χ3v) is 7.93. The molecule has 2 heterocycles. The molecule has 2 aliphatic rings. The molecule has 0 spiro atoms. The topological polar surface area (TPSA) is 115 Å². The SMILES string of the molecule is CCCCOC(=O)CCN1CCN(CC2CN(c3ccc(C(=N)NC(=O)c4cccc5ccccc45)cc3)C(=O)O2)CC1. The number of fused-ring (bicyclic) bond motifs is 1. The Kier molecular flexibility index (Phi) is 10.0. The van der Waals surface area contributed by atoms with Crippen LogP contribution in [0.4, 0.5) is 10.5 Å². The van der Waals surface area contributed by atoms with Crippen molar-refractivity contribution in [3.63, 3.8) is 0 Å². The molecule has 226 valence electrons. The van der Waals surface area contributed by atoms with Crippen LogP contribution in [0.5, 0.6) is 0 Å². The fourth-order valence-electron chi connectivity index (χ4n) is 5.45. The Morgan fingerprint density at radius 1 is 0.977 bits per heavy atom. The largest absolute Gasteiger partial charge is 0.466 e. The summed E-state index contributed by atoms with van der Waals surface area (Å²) in [6, 6.07) is 20.1. The van der Waals surface area contributed by atoms with Crippen LogP contribution in [0.15, 0.2) is 66.7 Å². The lowest BCUT2D eigenvalue weighted by Gasteiger charge is -2.35. The number of rotatable bonds is 11. The number of nitrogens with zero attached hydrogens (tertiary/aromatic N) is 3. The molecule has 2 saturated heterocycles. The van der Waals surface area contributed by atoms with Crippen LogP contribution < -0.4 is 10.2 Å². The van der Waals surface area contributed by atoms with E-state index in [1.165, 1.54) is 0 Å². The number of benzene rings is 3. The highest BCUT2D eigenvalue weighted by molar-refractivity contribution is 6.16. The number of carbonyl (C=O) groups excluding carboxylic acids is 3. The summed E-state index contributed by atoms with van der Waals surface area (Å²) in [6.45, 7) is 7.77. The third kappa shape index (κ3) is 7.77. The summed E-state index contributed by atoms with van der Waals surface area (Å²) in [5.41, 5.74) is 1.72. The maximum Gasteiger partial charge on any atom is 0.414 e. The summed E-state index contributed by atoms with van der Waals surface area (Å²) in [4.78, 5) is 43.7. The summed E-state index contributed by atoms with van der Waals surface area (Å²) < 4.78 is 10.9. The number of ether oxygens (including phenoxy) is 2. The zero-order valence-electron chi connectivity index (χ0n) is 24.6.